The normalized spacial score (nSPS) is 17.8. The Hall–Kier alpha value is -0.770. The number of fused-ring (bicyclic) bond motifs is 1. The van der Waals surface area contributed by atoms with E-state index in [2.05, 4.69) is 49.9 Å². The lowest BCUT2D eigenvalue weighted by atomic mass is 9.87. The average molecular weight is 404 g/mol. The first-order valence-corrected chi connectivity index (χ1v) is 9.54. The van der Waals surface area contributed by atoms with Gasteiger partial charge in [-0.3, -0.25) is 9.69 Å². The summed E-state index contributed by atoms with van der Waals surface area (Å²) < 4.78 is 0. The van der Waals surface area contributed by atoms with E-state index in [1.54, 1.807) is 0 Å². The number of carbonyl (C=O) groups is 1. The predicted octanol–water partition coefficient (Wildman–Crippen LogP) is 5.58. The molecule has 1 N–H and O–H groups in total. The summed E-state index contributed by atoms with van der Waals surface area (Å²) >= 11 is 0. The molecule has 2 atom stereocenters. The largest absolute Gasteiger partial charge is 0.481 e. The van der Waals surface area contributed by atoms with E-state index in [9.17, 15) is 9.90 Å². The number of carboxylic acid groups (broad SMARTS) is 1. The molecule has 3 nitrogen and oxygen atoms in total. The highest BCUT2D eigenvalue weighted by Crippen LogP contribution is 2.28. The number of hydrogen-bond donors (Lipinski definition) is 1. The first-order chi connectivity index (χ1) is 11.5. The SMILES string of the molecule is CCCCC(CCC1Cc2ccccc2CN1CC(C)C)C(=O)O.Cl.Cl. The molecule has 1 heterocycles. The van der Waals surface area contributed by atoms with Crippen molar-refractivity contribution in [3.63, 3.8) is 0 Å². The molecule has 0 aromatic heterocycles. The molecule has 0 radical (unpaired) electrons. The highest BCUT2D eigenvalue weighted by molar-refractivity contribution is 5.85. The van der Waals surface area contributed by atoms with Gasteiger partial charge in [0.05, 0.1) is 5.92 Å². The number of unbranched alkanes of at least 4 members (excludes halogenated alkanes) is 1. The Kier molecular flexibility index (Phi) is 12.2. The number of aliphatic carboxylic acids is 1. The van der Waals surface area contributed by atoms with Gasteiger partial charge in [0.15, 0.2) is 0 Å². The number of benzene rings is 1. The summed E-state index contributed by atoms with van der Waals surface area (Å²) in [4.78, 5) is 14.1. The van der Waals surface area contributed by atoms with Gasteiger partial charge in [-0.2, -0.15) is 0 Å². The molecule has 2 rings (SSSR count). The van der Waals surface area contributed by atoms with Crippen LogP contribution >= 0.6 is 24.8 Å². The monoisotopic (exact) mass is 403 g/mol. The number of nitrogens with zero attached hydrogens (tertiary/aromatic N) is 1. The topological polar surface area (TPSA) is 40.5 Å². The van der Waals surface area contributed by atoms with E-state index >= 15 is 0 Å². The molecule has 150 valence electrons. The van der Waals surface area contributed by atoms with Gasteiger partial charge < -0.3 is 5.11 Å². The average Bonchev–Trinajstić information content (AvgIpc) is 2.54. The van der Waals surface area contributed by atoms with Crippen molar-refractivity contribution in [1.29, 1.82) is 0 Å². The third kappa shape index (κ3) is 7.46. The Bertz CT molecular complexity index is 536. The molecule has 1 aliphatic heterocycles. The van der Waals surface area contributed by atoms with E-state index in [0.717, 1.165) is 51.6 Å². The molecular weight excluding hydrogens is 369 g/mol. The standard InChI is InChI=1S/C21H33NO2.2ClH/c1-4-5-8-17(21(23)24)11-12-20-13-18-9-6-7-10-19(18)15-22(20)14-16(2)3;;/h6-7,9-10,16-17,20H,4-5,8,11-15H2,1-3H3,(H,23,24);2*1H. The van der Waals surface area contributed by atoms with E-state index < -0.39 is 5.97 Å². The van der Waals surface area contributed by atoms with Crippen molar-refractivity contribution in [3.05, 3.63) is 35.4 Å². The minimum Gasteiger partial charge on any atom is -0.481 e. The maximum atomic E-state index is 11.5. The van der Waals surface area contributed by atoms with Crippen LogP contribution in [0, 0.1) is 11.8 Å². The zero-order valence-corrected chi connectivity index (χ0v) is 18.0. The highest BCUT2D eigenvalue weighted by atomic mass is 35.5. The summed E-state index contributed by atoms with van der Waals surface area (Å²) in [6.07, 6.45) is 5.75. The molecule has 0 saturated heterocycles. The third-order valence-corrected chi connectivity index (χ3v) is 5.17. The maximum Gasteiger partial charge on any atom is 0.306 e. The first-order valence-electron chi connectivity index (χ1n) is 9.54. The lowest BCUT2D eigenvalue weighted by Gasteiger charge is -2.38. The van der Waals surface area contributed by atoms with E-state index in [1.807, 2.05) is 0 Å². The minimum atomic E-state index is -0.616. The summed E-state index contributed by atoms with van der Waals surface area (Å²) in [5.41, 5.74) is 2.89. The maximum absolute atomic E-state index is 11.5. The van der Waals surface area contributed by atoms with E-state index in [1.165, 1.54) is 11.1 Å². The fourth-order valence-electron chi connectivity index (χ4n) is 3.84. The number of carboxylic acids is 1. The van der Waals surface area contributed by atoms with Gasteiger partial charge in [0, 0.05) is 19.1 Å². The fourth-order valence-corrected chi connectivity index (χ4v) is 3.84. The Morgan fingerprint density at radius 3 is 2.42 bits per heavy atom. The molecule has 5 heteroatoms. The predicted molar refractivity (Wildman–Crippen MR) is 114 cm³/mol. The summed E-state index contributed by atoms with van der Waals surface area (Å²) in [7, 11) is 0. The summed E-state index contributed by atoms with van der Waals surface area (Å²) in [6.45, 7) is 8.75. The summed E-state index contributed by atoms with van der Waals surface area (Å²) in [6, 6.07) is 9.19. The van der Waals surface area contributed by atoms with Crippen LogP contribution in [0.3, 0.4) is 0 Å². The second-order valence-electron chi connectivity index (χ2n) is 7.70. The van der Waals surface area contributed by atoms with E-state index in [0.29, 0.717) is 12.0 Å². The lowest BCUT2D eigenvalue weighted by molar-refractivity contribution is -0.142. The molecule has 0 saturated carbocycles. The molecule has 0 bridgehead atoms. The Labute approximate surface area is 171 Å². The summed E-state index contributed by atoms with van der Waals surface area (Å²) in [5, 5.41) is 9.48. The smallest absolute Gasteiger partial charge is 0.306 e. The zero-order chi connectivity index (χ0) is 17.5. The Morgan fingerprint density at radius 2 is 1.85 bits per heavy atom. The lowest BCUT2D eigenvalue weighted by Crippen LogP contribution is -2.42. The van der Waals surface area contributed by atoms with Crippen molar-refractivity contribution < 1.29 is 9.90 Å². The second-order valence-corrected chi connectivity index (χ2v) is 7.70. The molecule has 1 aromatic rings. The van der Waals surface area contributed by atoms with Crippen molar-refractivity contribution >= 4 is 30.8 Å². The van der Waals surface area contributed by atoms with Crippen molar-refractivity contribution in [2.24, 2.45) is 11.8 Å². The second kappa shape index (κ2) is 12.6. The molecular formula is C21H35Cl2NO2. The van der Waals surface area contributed by atoms with Gasteiger partial charge in [-0.15, -0.1) is 24.8 Å². The molecule has 0 spiro atoms. The highest BCUT2D eigenvalue weighted by Gasteiger charge is 2.28. The van der Waals surface area contributed by atoms with Crippen molar-refractivity contribution in [1.82, 2.24) is 4.90 Å². The van der Waals surface area contributed by atoms with E-state index in [4.69, 9.17) is 0 Å². The van der Waals surface area contributed by atoms with E-state index in [-0.39, 0.29) is 30.7 Å². The van der Waals surface area contributed by atoms with Crippen molar-refractivity contribution in [3.8, 4) is 0 Å². The number of rotatable bonds is 9. The first kappa shape index (κ1) is 25.2. The number of halogens is 2. The van der Waals surface area contributed by atoms with Gasteiger partial charge >= 0.3 is 5.97 Å². The van der Waals surface area contributed by atoms with Crippen LogP contribution in [-0.4, -0.2) is 28.6 Å². The van der Waals surface area contributed by atoms with Gasteiger partial charge in [0.1, 0.15) is 0 Å². The quantitative estimate of drug-likeness (QED) is 0.584. The van der Waals surface area contributed by atoms with Gasteiger partial charge in [-0.05, 0) is 42.7 Å². The van der Waals surface area contributed by atoms with Crippen LogP contribution in [0.2, 0.25) is 0 Å². The molecule has 2 unspecified atom stereocenters. The van der Waals surface area contributed by atoms with Gasteiger partial charge in [-0.1, -0.05) is 57.9 Å². The van der Waals surface area contributed by atoms with Gasteiger partial charge in [0.2, 0.25) is 0 Å². The Balaban J connectivity index is 0.00000312. The third-order valence-electron chi connectivity index (χ3n) is 5.17. The van der Waals surface area contributed by atoms with Crippen LogP contribution in [-0.2, 0) is 17.8 Å². The molecule has 0 aliphatic carbocycles. The molecule has 1 aliphatic rings. The molecule has 26 heavy (non-hydrogen) atoms. The zero-order valence-electron chi connectivity index (χ0n) is 16.3. The summed E-state index contributed by atoms with van der Waals surface area (Å²) in [5.74, 6) is -0.161. The van der Waals surface area contributed by atoms with Crippen molar-refractivity contribution in [2.75, 3.05) is 6.54 Å². The van der Waals surface area contributed by atoms with Crippen molar-refractivity contribution in [2.45, 2.75) is 71.9 Å². The van der Waals surface area contributed by atoms with Crippen LogP contribution in [0.15, 0.2) is 24.3 Å². The Morgan fingerprint density at radius 1 is 1.19 bits per heavy atom. The number of hydrogen-bond acceptors (Lipinski definition) is 2. The fraction of sp³-hybridized carbons (Fsp3) is 0.667. The van der Waals surface area contributed by atoms with Crippen LogP contribution in [0.25, 0.3) is 0 Å². The van der Waals surface area contributed by atoms with Gasteiger partial charge in [-0.25, -0.2) is 0 Å². The van der Waals surface area contributed by atoms with Crippen LogP contribution in [0.1, 0.15) is 64.0 Å². The van der Waals surface area contributed by atoms with Crippen LogP contribution in [0.4, 0.5) is 0 Å². The molecule has 0 fully saturated rings. The minimum absolute atomic E-state index is 0. The van der Waals surface area contributed by atoms with Crippen LogP contribution in [0.5, 0.6) is 0 Å². The molecule has 1 aromatic carbocycles. The van der Waals surface area contributed by atoms with Crippen LogP contribution < -0.4 is 0 Å². The van der Waals surface area contributed by atoms with Gasteiger partial charge in [0.25, 0.3) is 0 Å². The molecule has 0 amide bonds.